The Labute approximate surface area is 244 Å². The number of aliphatic hydroxyl groups is 1. The minimum atomic E-state index is -4.22. The van der Waals surface area contributed by atoms with Gasteiger partial charge >= 0.3 is 0 Å². The van der Waals surface area contributed by atoms with Crippen LogP contribution in [0.3, 0.4) is 0 Å². The van der Waals surface area contributed by atoms with Crippen LogP contribution in [0.5, 0.6) is 0 Å². The van der Waals surface area contributed by atoms with Gasteiger partial charge < -0.3 is 14.9 Å². The van der Waals surface area contributed by atoms with E-state index < -0.39 is 22.0 Å². The van der Waals surface area contributed by atoms with E-state index in [4.69, 9.17) is 4.55 Å². The Bertz CT molecular complexity index is 1000. The Morgan fingerprint density at radius 1 is 0.950 bits per heavy atom. The summed E-state index contributed by atoms with van der Waals surface area (Å²) in [5.74, 6) is 4.33. The Kier molecular flexibility index (Phi) is 9.76. The number of carbonyl (C=O) groups is 1. The van der Waals surface area contributed by atoms with Crippen LogP contribution in [0.25, 0.3) is 0 Å². The molecule has 4 aliphatic carbocycles. The van der Waals surface area contributed by atoms with Crippen molar-refractivity contribution < 1.29 is 27.4 Å². The van der Waals surface area contributed by atoms with Crippen molar-refractivity contribution in [1.29, 1.82) is 0 Å². The van der Waals surface area contributed by atoms with Crippen LogP contribution in [0.2, 0.25) is 0 Å². The lowest BCUT2D eigenvalue weighted by atomic mass is 9.44. The summed E-state index contributed by atoms with van der Waals surface area (Å²) in [5, 5.41) is 13.2. The largest absolute Gasteiger partial charge is 0.386 e. The number of hydrogen-bond donors (Lipinski definition) is 3. The van der Waals surface area contributed by atoms with Gasteiger partial charge in [-0.1, -0.05) is 33.6 Å². The fourth-order valence-electron chi connectivity index (χ4n) is 10.9. The fraction of sp³-hybridized carbons (Fsp3) is 0.969. The molecule has 0 aromatic heterocycles. The molecule has 0 spiro atoms. The number of rotatable bonds is 11. The fourth-order valence-corrected chi connectivity index (χ4v) is 11.5. The van der Waals surface area contributed by atoms with Gasteiger partial charge in [-0.05, 0) is 111 Å². The third-order valence-electron chi connectivity index (χ3n) is 12.5. The maximum absolute atomic E-state index is 12.9. The molecule has 10 atom stereocenters. The molecule has 7 nitrogen and oxygen atoms in total. The molecular formula is C32H59N2O5S+. The van der Waals surface area contributed by atoms with Gasteiger partial charge in [-0.2, -0.15) is 8.42 Å². The number of quaternary nitrogens is 1. The molecule has 8 heteroatoms. The molecule has 4 aliphatic rings. The van der Waals surface area contributed by atoms with Crippen LogP contribution in [-0.4, -0.2) is 73.6 Å². The van der Waals surface area contributed by atoms with Crippen LogP contribution < -0.4 is 5.32 Å². The van der Waals surface area contributed by atoms with Crippen molar-refractivity contribution in [2.45, 2.75) is 117 Å². The third kappa shape index (κ3) is 7.08. The lowest BCUT2D eigenvalue weighted by Crippen LogP contribution is -2.53. The van der Waals surface area contributed by atoms with Gasteiger partial charge in [0, 0.05) is 6.42 Å². The summed E-state index contributed by atoms with van der Waals surface area (Å²) in [5.41, 5.74) is 1.01. The molecule has 0 aromatic rings. The summed E-state index contributed by atoms with van der Waals surface area (Å²) in [4.78, 5) is 12.9. The molecule has 6 unspecified atom stereocenters. The van der Waals surface area contributed by atoms with E-state index in [-0.39, 0.29) is 18.5 Å². The summed E-state index contributed by atoms with van der Waals surface area (Å²) in [6, 6.07) is -0.101. The van der Waals surface area contributed by atoms with Gasteiger partial charge in [0.05, 0.1) is 26.7 Å². The van der Waals surface area contributed by atoms with E-state index in [0.29, 0.717) is 40.1 Å². The molecular weight excluding hydrogens is 524 g/mol. The van der Waals surface area contributed by atoms with Gasteiger partial charge in [0.1, 0.15) is 18.4 Å². The van der Waals surface area contributed by atoms with Crippen molar-refractivity contribution in [3.8, 4) is 0 Å². The number of carbonyl (C=O) groups excluding carboxylic acids is 1. The first kappa shape index (κ1) is 32.2. The predicted octanol–water partition coefficient (Wildman–Crippen LogP) is 5.28. The highest BCUT2D eigenvalue weighted by molar-refractivity contribution is 7.85. The number of amides is 1. The Morgan fingerprint density at radius 3 is 2.35 bits per heavy atom. The number of hydrogen-bond acceptors (Lipinski definition) is 4. The second-order valence-corrected chi connectivity index (χ2v) is 17.3. The zero-order chi connectivity index (χ0) is 29.5. The number of likely N-dealkylation sites (N-methyl/N-ethyl adjacent to an activating group) is 1. The maximum Gasteiger partial charge on any atom is 0.267 e. The Balaban J connectivity index is 1.26. The first-order valence-corrected chi connectivity index (χ1v) is 17.9. The lowest BCUT2D eigenvalue weighted by molar-refractivity contribution is -0.893. The van der Waals surface area contributed by atoms with E-state index in [9.17, 15) is 18.3 Å². The van der Waals surface area contributed by atoms with E-state index in [1.165, 1.54) is 64.2 Å². The van der Waals surface area contributed by atoms with Crippen molar-refractivity contribution in [2.24, 2.45) is 46.3 Å². The Hall–Kier alpha value is -0.700. The standard InChI is InChI=1S/C32H58N2O5S/c1-22(10-15-30(36)33-23(2)19-34(5,6)20-25(35)21-40(37,38)39)27-13-14-28-26-12-11-24-9-7-8-17-31(24,3)29(26)16-18-32(27,28)4/h22-29,35H,7-21H2,1-6H3,(H-,33,36,37,38,39)/p+1/t22-,23?,24?,25?,26?,27-,28?,29?,31+,32-/m1/s1. The van der Waals surface area contributed by atoms with E-state index in [0.717, 1.165) is 30.1 Å². The van der Waals surface area contributed by atoms with E-state index in [1.54, 1.807) is 0 Å². The zero-order valence-corrected chi connectivity index (χ0v) is 27.0. The summed E-state index contributed by atoms with van der Waals surface area (Å²) in [7, 11) is -0.434. The van der Waals surface area contributed by atoms with Crippen LogP contribution in [0.1, 0.15) is 105 Å². The van der Waals surface area contributed by atoms with Crippen LogP contribution in [0.4, 0.5) is 0 Å². The van der Waals surface area contributed by atoms with Crippen LogP contribution >= 0.6 is 0 Å². The van der Waals surface area contributed by atoms with Gasteiger partial charge in [-0.3, -0.25) is 9.35 Å². The van der Waals surface area contributed by atoms with Crippen LogP contribution in [0, 0.1) is 46.3 Å². The molecule has 0 radical (unpaired) electrons. The van der Waals surface area contributed by atoms with Crippen molar-refractivity contribution in [2.75, 3.05) is 32.9 Å². The first-order valence-electron chi connectivity index (χ1n) is 16.3. The second kappa shape index (κ2) is 12.1. The van der Waals surface area contributed by atoms with E-state index >= 15 is 0 Å². The molecule has 0 aliphatic heterocycles. The number of nitrogens with one attached hydrogen (secondary N) is 1. The number of fused-ring (bicyclic) bond motifs is 5. The highest BCUT2D eigenvalue weighted by Gasteiger charge is 2.60. The minimum Gasteiger partial charge on any atom is -0.386 e. The van der Waals surface area contributed by atoms with Crippen molar-refractivity contribution >= 4 is 16.0 Å². The lowest BCUT2D eigenvalue weighted by Gasteiger charge is -2.61. The maximum atomic E-state index is 12.9. The SMILES string of the molecule is CC(C[N+](C)(C)CC(O)CS(=O)(=O)O)NC(=O)CC[C@@H](C)[C@H]1CCC2C3CCC4CCCC[C@]4(C)C3CC[C@@]21C. The van der Waals surface area contributed by atoms with E-state index in [2.05, 4.69) is 26.1 Å². The number of nitrogens with zero attached hydrogens (tertiary/aromatic N) is 1. The summed E-state index contributed by atoms with van der Waals surface area (Å²) >= 11 is 0. The normalized spacial score (nSPS) is 38.5. The molecule has 0 saturated heterocycles. The molecule has 4 saturated carbocycles. The minimum absolute atomic E-state index is 0.0739. The highest BCUT2D eigenvalue weighted by Crippen LogP contribution is 2.68. The molecule has 0 aromatic carbocycles. The summed E-state index contributed by atoms with van der Waals surface area (Å²) < 4.78 is 31.5. The van der Waals surface area contributed by atoms with Gasteiger partial charge in [0.2, 0.25) is 5.91 Å². The molecule has 4 fully saturated rings. The van der Waals surface area contributed by atoms with Gasteiger partial charge in [0.15, 0.2) is 0 Å². The molecule has 232 valence electrons. The molecule has 0 bridgehead atoms. The highest BCUT2D eigenvalue weighted by atomic mass is 32.2. The monoisotopic (exact) mass is 583 g/mol. The van der Waals surface area contributed by atoms with Gasteiger partial charge in [0.25, 0.3) is 10.1 Å². The van der Waals surface area contributed by atoms with Gasteiger partial charge in [-0.15, -0.1) is 0 Å². The van der Waals surface area contributed by atoms with Crippen LogP contribution in [-0.2, 0) is 14.9 Å². The van der Waals surface area contributed by atoms with Crippen molar-refractivity contribution in [1.82, 2.24) is 5.32 Å². The zero-order valence-electron chi connectivity index (χ0n) is 26.2. The van der Waals surface area contributed by atoms with E-state index in [1.807, 2.05) is 21.0 Å². The molecule has 40 heavy (non-hydrogen) atoms. The predicted molar refractivity (Wildman–Crippen MR) is 160 cm³/mol. The summed E-state index contributed by atoms with van der Waals surface area (Å²) in [6.45, 7) is 10.4. The molecule has 3 N–H and O–H groups in total. The Morgan fingerprint density at radius 2 is 1.65 bits per heavy atom. The third-order valence-corrected chi connectivity index (χ3v) is 13.3. The number of aliphatic hydroxyl groups excluding tert-OH is 1. The topological polar surface area (TPSA) is 104 Å². The average Bonchev–Trinajstić information content (AvgIpc) is 3.17. The van der Waals surface area contributed by atoms with Crippen LogP contribution in [0.15, 0.2) is 0 Å². The average molecular weight is 584 g/mol. The quantitative estimate of drug-likeness (QED) is 0.227. The first-order chi connectivity index (χ1) is 18.5. The second-order valence-electron chi connectivity index (χ2n) is 15.8. The smallest absolute Gasteiger partial charge is 0.267 e. The molecule has 1 amide bonds. The summed E-state index contributed by atoms with van der Waals surface area (Å²) in [6.07, 6.45) is 14.5. The van der Waals surface area contributed by atoms with Crippen molar-refractivity contribution in [3.05, 3.63) is 0 Å². The van der Waals surface area contributed by atoms with Gasteiger partial charge in [-0.25, -0.2) is 0 Å². The molecule has 0 heterocycles. The van der Waals surface area contributed by atoms with Crippen molar-refractivity contribution in [3.63, 3.8) is 0 Å². The molecule has 4 rings (SSSR count).